The van der Waals surface area contributed by atoms with Gasteiger partial charge in [-0.05, 0) is 36.9 Å². The molecule has 0 aliphatic carbocycles. The number of hydrogen-bond donors (Lipinski definition) is 1. The van der Waals surface area contributed by atoms with Crippen LogP contribution in [0.3, 0.4) is 0 Å². The molecule has 0 aromatic carbocycles. The van der Waals surface area contributed by atoms with E-state index in [1.165, 1.54) is 12.6 Å². The number of hydrogen-bond acceptors (Lipinski definition) is 3. The maximum atomic E-state index is 13.1. The number of rotatable bonds is 3. The molecule has 18 heavy (non-hydrogen) atoms. The molecule has 2 N–H and O–H groups in total. The predicted octanol–water partition coefficient (Wildman–Crippen LogP) is 2.20. The van der Waals surface area contributed by atoms with Crippen LogP contribution < -0.4 is 5.73 Å². The van der Waals surface area contributed by atoms with E-state index in [1.54, 1.807) is 12.3 Å². The second-order valence-corrected chi connectivity index (χ2v) is 5.00. The number of nitrogens with two attached hydrogens (primary N) is 1. The smallest absolute Gasteiger partial charge is 0.141 e. The summed E-state index contributed by atoms with van der Waals surface area (Å²) in [6.45, 7) is 4.73. The molecule has 0 spiro atoms. The van der Waals surface area contributed by atoms with Crippen LogP contribution in [-0.2, 0) is 6.54 Å². The van der Waals surface area contributed by atoms with Gasteiger partial charge in [0.2, 0.25) is 0 Å². The zero-order valence-electron chi connectivity index (χ0n) is 10.7. The Labute approximate surface area is 114 Å². The van der Waals surface area contributed by atoms with Crippen molar-refractivity contribution in [1.29, 1.82) is 0 Å². The first-order chi connectivity index (χ1) is 8.19. The lowest BCUT2D eigenvalue weighted by Gasteiger charge is -2.37. The van der Waals surface area contributed by atoms with Crippen molar-refractivity contribution in [3.8, 4) is 0 Å². The van der Waals surface area contributed by atoms with Gasteiger partial charge in [0.25, 0.3) is 0 Å². The lowest BCUT2D eigenvalue weighted by atomic mass is 9.92. The second-order valence-electron chi connectivity index (χ2n) is 5.00. The SMILES string of the molecule is CC1CCN(Cc2cncc(F)c2)C(CN)C1.Cl. The Morgan fingerprint density at radius 1 is 1.50 bits per heavy atom. The fourth-order valence-electron chi connectivity index (χ4n) is 2.53. The van der Waals surface area contributed by atoms with Crippen molar-refractivity contribution in [2.45, 2.75) is 32.4 Å². The van der Waals surface area contributed by atoms with Gasteiger partial charge in [0.15, 0.2) is 0 Å². The molecule has 0 amide bonds. The summed E-state index contributed by atoms with van der Waals surface area (Å²) < 4.78 is 13.1. The van der Waals surface area contributed by atoms with E-state index in [0.29, 0.717) is 12.6 Å². The molecule has 0 bridgehead atoms. The first-order valence-corrected chi connectivity index (χ1v) is 6.22. The van der Waals surface area contributed by atoms with Crippen molar-refractivity contribution >= 4 is 12.4 Å². The molecule has 1 aromatic rings. The normalized spacial score (nSPS) is 24.6. The molecule has 1 aliphatic heterocycles. The first-order valence-electron chi connectivity index (χ1n) is 6.22. The van der Waals surface area contributed by atoms with Crippen molar-refractivity contribution in [3.63, 3.8) is 0 Å². The largest absolute Gasteiger partial charge is 0.329 e. The van der Waals surface area contributed by atoms with Crippen LogP contribution in [0.5, 0.6) is 0 Å². The molecule has 5 heteroatoms. The summed E-state index contributed by atoms with van der Waals surface area (Å²) in [6.07, 6.45) is 5.30. The quantitative estimate of drug-likeness (QED) is 0.918. The summed E-state index contributed by atoms with van der Waals surface area (Å²) in [5.41, 5.74) is 6.74. The van der Waals surface area contributed by atoms with Gasteiger partial charge in [0, 0.05) is 25.3 Å². The van der Waals surface area contributed by atoms with Crippen LogP contribution in [0.25, 0.3) is 0 Å². The minimum atomic E-state index is -0.267. The first kappa shape index (κ1) is 15.3. The minimum absolute atomic E-state index is 0. The summed E-state index contributed by atoms with van der Waals surface area (Å²) >= 11 is 0. The molecule has 102 valence electrons. The molecule has 1 fully saturated rings. The Morgan fingerprint density at radius 3 is 2.94 bits per heavy atom. The lowest BCUT2D eigenvalue weighted by molar-refractivity contribution is 0.115. The van der Waals surface area contributed by atoms with E-state index in [9.17, 15) is 4.39 Å². The van der Waals surface area contributed by atoms with Gasteiger partial charge in [-0.25, -0.2) is 4.39 Å². The molecule has 0 radical (unpaired) electrons. The topological polar surface area (TPSA) is 42.2 Å². The number of aromatic nitrogens is 1. The second kappa shape index (κ2) is 7.02. The molecule has 2 heterocycles. The van der Waals surface area contributed by atoms with Crippen LogP contribution in [0.4, 0.5) is 4.39 Å². The van der Waals surface area contributed by atoms with E-state index in [-0.39, 0.29) is 18.2 Å². The third kappa shape index (κ3) is 3.90. The van der Waals surface area contributed by atoms with E-state index < -0.39 is 0 Å². The predicted molar refractivity (Wildman–Crippen MR) is 73.1 cm³/mol. The number of halogens is 2. The number of pyridine rings is 1. The van der Waals surface area contributed by atoms with E-state index in [4.69, 9.17) is 5.73 Å². The van der Waals surface area contributed by atoms with Gasteiger partial charge in [-0.15, -0.1) is 12.4 Å². The van der Waals surface area contributed by atoms with E-state index in [2.05, 4.69) is 16.8 Å². The zero-order valence-corrected chi connectivity index (χ0v) is 11.5. The van der Waals surface area contributed by atoms with Crippen LogP contribution in [0.2, 0.25) is 0 Å². The summed E-state index contributed by atoms with van der Waals surface area (Å²) in [4.78, 5) is 6.23. The Morgan fingerprint density at radius 2 is 2.28 bits per heavy atom. The maximum absolute atomic E-state index is 13.1. The maximum Gasteiger partial charge on any atom is 0.141 e. The molecule has 1 aromatic heterocycles. The molecule has 2 unspecified atom stereocenters. The summed E-state index contributed by atoms with van der Waals surface area (Å²) in [7, 11) is 0. The van der Waals surface area contributed by atoms with Gasteiger partial charge in [0.05, 0.1) is 6.20 Å². The highest BCUT2D eigenvalue weighted by molar-refractivity contribution is 5.85. The summed E-state index contributed by atoms with van der Waals surface area (Å²) in [6, 6.07) is 1.97. The Balaban J connectivity index is 0.00000162. The summed E-state index contributed by atoms with van der Waals surface area (Å²) in [5, 5.41) is 0. The molecule has 0 saturated carbocycles. The Bertz CT molecular complexity index is 375. The molecule has 2 rings (SSSR count). The van der Waals surface area contributed by atoms with Crippen molar-refractivity contribution < 1.29 is 4.39 Å². The van der Waals surface area contributed by atoms with Gasteiger partial charge in [-0.3, -0.25) is 9.88 Å². The van der Waals surface area contributed by atoms with Crippen molar-refractivity contribution in [2.75, 3.05) is 13.1 Å². The van der Waals surface area contributed by atoms with Gasteiger partial charge in [0.1, 0.15) is 5.82 Å². The average molecular weight is 274 g/mol. The molecule has 3 nitrogen and oxygen atoms in total. The van der Waals surface area contributed by atoms with Crippen molar-refractivity contribution in [3.05, 3.63) is 29.8 Å². The van der Waals surface area contributed by atoms with Gasteiger partial charge >= 0.3 is 0 Å². The van der Waals surface area contributed by atoms with Gasteiger partial charge in [-0.1, -0.05) is 6.92 Å². The Hall–Kier alpha value is -0.710. The fraction of sp³-hybridized carbons (Fsp3) is 0.615. The minimum Gasteiger partial charge on any atom is -0.329 e. The number of nitrogens with zero attached hydrogens (tertiary/aromatic N) is 2. The molecule has 1 aliphatic rings. The van der Waals surface area contributed by atoms with Crippen LogP contribution >= 0.6 is 12.4 Å². The van der Waals surface area contributed by atoms with Crippen LogP contribution in [0, 0.1) is 11.7 Å². The highest BCUT2D eigenvalue weighted by Gasteiger charge is 2.25. The highest BCUT2D eigenvalue weighted by atomic mass is 35.5. The molecule has 2 atom stereocenters. The molecular formula is C13H21ClFN3. The zero-order chi connectivity index (χ0) is 12.3. The van der Waals surface area contributed by atoms with Gasteiger partial charge in [-0.2, -0.15) is 0 Å². The van der Waals surface area contributed by atoms with Gasteiger partial charge < -0.3 is 5.73 Å². The van der Waals surface area contributed by atoms with Crippen molar-refractivity contribution in [2.24, 2.45) is 11.7 Å². The summed E-state index contributed by atoms with van der Waals surface area (Å²) in [5.74, 6) is 0.475. The standard InChI is InChI=1S/C13H20FN3.ClH/c1-10-2-3-17(13(4-10)6-15)9-11-5-12(14)8-16-7-11;/h5,7-8,10,13H,2-4,6,9,15H2,1H3;1H. The highest BCUT2D eigenvalue weighted by Crippen LogP contribution is 2.23. The van der Waals surface area contributed by atoms with E-state index >= 15 is 0 Å². The molecule has 1 saturated heterocycles. The monoisotopic (exact) mass is 273 g/mol. The number of likely N-dealkylation sites (tertiary alicyclic amines) is 1. The van der Waals surface area contributed by atoms with Crippen molar-refractivity contribution in [1.82, 2.24) is 9.88 Å². The van der Waals surface area contributed by atoms with E-state index in [1.807, 2.05) is 0 Å². The van der Waals surface area contributed by atoms with Crippen LogP contribution in [0.15, 0.2) is 18.5 Å². The van der Waals surface area contributed by atoms with Crippen LogP contribution in [-0.4, -0.2) is 29.0 Å². The Kier molecular flexibility index (Phi) is 5.99. The van der Waals surface area contributed by atoms with E-state index in [0.717, 1.165) is 31.0 Å². The molecular weight excluding hydrogens is 253 g/mol. The third-order valence-corrected chi connectivity index (χ3v) is 3.52. The van der Waals surface area contributed by atoms with Crippen LogP contribution in [0.1, 0.15) is 25.3 Å². The third-order valence-electron chi connectivity index (χ3n) is 3.52. The average Bonchev–Trinajstić information content (AvgIpc) is 2.31. The number of piperidine rings is 1. The fourth-order valence-corrected chi connectivity index (χ4v) is 2.53. The lowest BCUT2D eigenvalue weighted by Crippen LogP contribution is -2.45.